The van der Waals surface area contributed by atoms with Gasteiger partial charge in [-0.15, -0.1) is 0 Å². The Morgan fingerprint density at radius 3 is 2.70 bits per heavy atom. The van der Waals surface area contributed by atoms with Crippen LogP contribution in [0, 0.1) is 11.6 Å². The summed E-state index contributed by atoms with van der Waals surface area (Å²) in [6, 6.07) is 5.34. The van der Waals surface area contributed by atoms with Gasteiger partial charge in [-0.2, -0.15) is 0 Å². The highest BCUT2D eigenvalue weighted by molar-refractivity contribution is 9.10. The zero-order valence-electron chi connectivity index (χ0n) is 10.4. The molecule has 0 saturated heterocycles. The fraction of sp³-hybridized carbons (Fsp3) is 0.0769. The highest BCUT2D eigenvalue weighted by Crippen LogP contribution is 2.21. The van der Waals surface area contributed by atoms with Crippen molar-refractivity contribution in [2.75, 3.05) is 17.7 Å². The SMILES string of the molecule is CNc1nccc(C(=O)Nc2ccc(Br)c(F)c2)c1F. The maximum absolute atomic E-state index is 13.9. The summed E-state index contributed by atoms with van der Waals surface area (Å²) < 4.78 is 27.5. The van der Waals surface area contributed by atoms with Crippen molar-refractivity contribution in [2.45, 2.75) is 0 Å². The Morgan fingerprint density at radius 1 is 1.30 bits per heavy atom. The van der Waals surface area contributed by atoms with Crippen LogP contribution >= 0.6 is 15.9 Å². The first-order chi connectivity index (χ1) is 9.52. The number of amides is 1. The van der Waals surface area contributed by atoms with Gasteiger partial charge in [0.25, 0.3) is 5.91 Å². The van der Waals surface area contributed by atoms with E-state index in [-0.39, 0.29) is 21.5 Å². The molecule has 104 valence electrons. The van der Waals surface area contributed by atoms with Crippen molar-refractivity contribution in [2.24, 2.45) is 0 Å². The third kappa shape index (κ3) is 2.93. The van der Waals surface area contributed by atoms with Crippen LogP contribution < -0.4 is 10.6 Å². The molecule has 0 spiro atoms. The Hall–Kier alpha value is -2.02. The number of nitrogens with one attached hydrogen (secondary N) is 2. The predicted molar refractivity (Wildman–Crippen MR) is 75.8 cm³/mol. The van der Waals surface area contributed by atoms with Gasteiger partial charge in [-0.1, -0.05) is 0 Å². The molecule has 7 heteroatoms. The Bertz CT molecular complexity index is 664. The number of carbonyl (C=O) groups excluding carboxylic acids is 1. The number of pyridine rings is 1. The lowest BCUT2D eigenvalue weighted by Gasteiger charge is -2.08. The summed E-state index contributed by atoms with van der Waals surface area (Å²) in [7, 11) is 1.50. The van der Waals surface area contributed by atoms with Gasteiger partial charge in [0, 0.05) is 18.9 Å². The number of hydrogen-bond acceptors (Lipinski definition) is 3. The van der Waals surface area contributed by atoms with Crippen LogP contribution in [-0.4, -0.2) is 17.9 Å². The summed E-state index contributed by atoms with van der Waals surface area (Å²) in [4.78, 5) is 15.7. The molecule has 4 nitrogen and oxygen atoms in total. The Kier molecular flexibility index (Phi) is 4.29. The van der Waals surface area contributed by atoms with Crippen LogP contribution in [0.1, 0.15) is 10.4 Å². The zero-order valence-corrected chi connectivity index (χ0v) is 12.0. The second-order valence-corrected chi connectivity index (χ2v) is 4.71. The zero-order chi connectivity index (χ0) is 14.7. The van der Waals surface area contributed by atoms with E-state index in [0.29, 0.717) is 0 Å². The molecule has 1 amide bonds. The summed E-state index contributed by atoms with van der Waals surface area (Å²) in [6.07, 6.45) is 1.31. The third-order valence-corrected chi connectivity index (χ3v) is 3.19. The Labute approximate surface area is 122 Å². The van der Waals surface area contributed by atoms with Crippen LogP contribution in [0.25, 0.3) is 0 Å². The molecule has 0 aliphatic heterocycles. The van der Waals surface area contributed by atoms with E-state index in [1.807, 2.05) is 0 Å². The van der Waals surface area contributed by atoms with Crippen molar-refractivity contribution in [1.29, 1.82) is 0 Å². The van der Waals surface area contributed by atoms with Gasteiger partial charge in [-0.3, -0.25) is 4.79 Å². The Balaban J connectivity index is 2.26. The molecular weight excluding hydrogens is 332 g/mol. The molecule has 0 saturated carbocycles. The highest BCUT2D eigenvalue weighted by atomic mass is 79.9. The van der Waals surface area contributed by atoms with Crippen molar-refractivity contribution in [1.82, 2.24) is 4.98 Å². The molecule has 20 heavy (non-hydrogen) atoms. The summed E-state index contributed by atoms with van der Waals surface area (Å²) in [5, 5.41) is 4.96. The minimum atomic E-state index is -0.759. The van der Waals surface area contributed by atoms with Crippen molar-refractivity contribution < 1.29 is 13.6 Å². The van der Waals surface area contributed by atoms with Gasteiger partial charge in [-0.05, 0) is 40.2 Å². The van der Waals surface area contributed by atoms with Crippen molar-refractivity contribution in [3.8, 4) is 0 Å². The van der Waals surface area contributed by atoms with Crippen LogP contribution in [0.4, 0.5) is 20.3 Å². The van der Waals surface area contributed by atoms with Gasteiger partial charge in [0.2, 0.25) is 0 Å². The number of aromatic nitrogens is 1. The normalized spacial score (nSPS) is 10.2. The summed E-state index contributed by atoms with van der Waals surface area (Å²) in [5.74, 6) is -1.98. The van der Waals surface area contributed by atoms with Crippen molar-refractivity contribution >= 4 is 33.3 Å². The molecule has 1 heterocycles. The van der Waals surface area contributed by atoms with Gasteiger partial charge in [0.15, 0.2) is 11.6 Å². The number of nitrogens with zero attached hydrogens (tertiary/aromatic N) is 1. The molecule has 2 rings (SSSR count). The lowest BCUT2D eigenvalue weighted by molar-refractivity contribution is 0.102. The number of carbonyl (C=O) groups is 1. The first kappa shape index (κ1) is 14.4. The number of rotatable bonds is 3. The smallest absolute Gasteiger partial charge is 0.258 e. The number of benzene rings is 1. The summed E-state index contributed by atoms with van der Waals surface area (Å²) >= 11 is 3.01. The molecule has 1 aromatic heterocycles. The molecule has 0 atom stereocenters. The lowest BCUT2D eigenvalue weighted by Crippen LogP contribution is -2.15. The second-order valence-electron chi connectivity index (χ2n) is 3.85. The quantitative estimate of drug-likeness (QED) is 0.899. The highest BCUT2D eigenvalue weighted by Gasteiger charge is 2.16. The minimum absolute atomic E-state index is 0.0281. The number of halogens is 3. The first-order valence-electron chi connectivity index (χ1n) is 5.61. The standard InChI is InChI=1S/C13H10BrF2N3O/c1-17-12-11(16)8(4-5-18-12)13(20)19-7-2-3-9(14)10(15)6-7/h2-6H,1H3,(H,17,18)(H,19,20). The maximum Gasteiger partial charge on any atom is 0.258 e. The van der Waals surface area contributed by atoms with E-state index in [2.05, 4.69) is 31.5 Å². The van der Waals surface area contributed by atoms with Crippen LogP contribution in [0.5, 0.6) is 0 Å². The molecule has 0 unspecified atom stereocenters. The summed E-state index contributed by atoms with van der Waals surface area (Å²) in [5.41, 5.74) is 0.0607. The fourth-order valence-corrected chi connectivity index (χ4v) is 1.81. The maximum atomic E-state index is 13.9. The summed E-state index contributed by atoms with van der Waals surface area (Å²) in [6.45, 7) is 0. The molecule has 0 bridgehead atoms. The predicted octanol–water partition coefficient (Wildman–Crippen LogP) is 3.42. The van der Waals surface area contributed by atoms with E-state index < -0.39 is 17.5 Å². The lowest BCUT2D eigenvalue weighted by atomic mass is 10.2. The van der Waals surface area contributed by atoms with Crippen molar-refractivity contribution in [3.63, 3.8) is 0 Å². The van der Waals surface area contributed by atoms with E-state index >= 15 is 0 Å². The molecule has 2 aromatic rings. The number of hydrogen-bond donors (Lipinski definition) is 2. The van der Waals surface area contributed by atoms with E-state index in [1.54, 1.807) is 0 Å². The van der Waals surface area contributed by atoms with Gasteiger partial charge in [-0.25, -0.2) is 13.8 Å². The first-order valence-corrected chi connectivity index (χ1v) is 6.41. The van der Waals surface area contributed by atoms with Crippen LogP contribution in [0.15, 0.2) is 34.9 Å². The van der Waals surface area contributed by atoms with E-state index in [1.165, 1.54) is 31.4 Å². The molecule has 2 N–H and O–H groups in total. The molecule has 0 aliphatic carbocycles. The van der Waals surface area contributed by atoms with E-state index in [9.17, 15) is 13.6 Å². The monoisotopic (exact) mass is 341 g/mol. The molecule has 0 aliphatic rings. The van der Waals surface area contributed by atoms with E-state index in [4.69, 9.17) is 0 Å². The molecule has 1 aromatic carbocycles. The van der Waals surface area contributed by atoms with Gasteiger partial charge < -0.3 is 10.6 Å². The minimum Gasteiger partial charge on any atom is -0.371 e. The van der Waals surface area contributed by atoms with Gasteiger partial charge in [0.05, 0.1) is 10.0 Å². The number of anilines is 2. The van der Waals surface area contributed by atoms with Gasteiger partial charge >= 0.3 is 0 Å². The fourth-order valence-electron chi connectivity index (χ4n) is 1.57. The van der Waals surface area contributed by atoms with Gasteiger partial charge in [0.1, 0.15) is 5.82 Å². The molecule has 0 radical (unpaired) electrons. The second kappa shape index (κ2) is 5.96. The van der Waals surface area contributed by atoms with Crippen LogP contribution in [0.3, 0.4) is 0 Å². The largest absolute Gasteiger partial charge is 0.371 e. The van der Waals surface area contributed by atoms with E-state index in [0.717, 1.165) is 6.07 Å². The third-order valence-electron chi connectivity index (χ3n) is 2.55. The van der Waals surface area contributed by atoms with Crippen LogP contribution in [0.2, 0.25) is 0 Å². The average Bonchev–Trinajstić information content (AvgIpc) is 2.43. The Morgan fingerprint density at radius 2 is 2.05 bits per heavy atom. The van der Waals surface area contributed by atoms with Crippen molar-refractivity contribution in [3.05, 3.63) is 52.1 Å². The topological polar surface area (TPSA) is 54.0 Å². The van der Waals surface area contributed by atoms with Crippen LogP contribution in [-0.2, 0) is 0 Å². The average molecular weight is 342 g/mol. The molecular formula is C13H10BrF2N3O. The molecule has 0 fully saturated rings.